The van der Waals surface area contributed by atoms with Crippen molar-refractivity contribution < 1.29 is 9.47 Å². The van der Waals surface area contributed by atoms with Gasteiger partial charge in [0.1, 0.15) is 0 Å². The second kappa shape index (κ2) is 5.55. The lowest BCUT2D eigenvalue weighted by molar-refractivity contribution is 0.164. The normalized spacial score (nSPS) is 36.0. The van der Waals surface area contributed by atoms with Crippen LogP contribution in [0.15, 0.2) is 0 Å². The molecular weight excluding hydrogens is 208 g/mol. The van der Waals surface area contributed by atoms with Crippen molar-refractivity contribution in [1.82, 2.24) is 0 Å². The fourth-order valence-corrected chi connectivity index (χ4v) is 3.54. The van der Waals surface area contributed by atoms with Crippen LogP contribution in [0.1, 0.15) is 33.1 Å². The van der Waals surface area contributed by atoms with E-state index in [0.717, 1.165) is 30.1 Å². The molecule has 0 aromatic heterocycles. The number of ether oxygens (including phenoxy) is 2. The molecule has 1 aliphatic heterocycles. The molecule has 0 aromatic rings. The van der Waals surface area contributed by atoms with Gasteiger partial charge in [-0.2, -0.15) is 11.8 Å². The van der Waals surface area contributed by atoms with Crippen LogP contribution in [-0.2, 0) is 9.47 Å². The standard InChI is InChI=1S/C12H22O2S/c1-3-13-6-7-15-9(2)10-4-5-11-12(8-10)14-11/h9-12H,3-8H2,1-2H3. The first-order valence-corrected chi connectivity index (χ1v) is 7.21. The first-order chi connectivity index (χ1) is 7.31. The van der Waals surface area contributed by atoms with Crippen molar-refractivity contribution in [2.24, 2.45) is 5.92 Å². The van der Waals surface area contributed by atoms with Crippen LogP contribution in [0.3, 0.4) is 0 Å². The lowest BCUT2D eigenvalue weighted by Crippen LogP contribution is -2.22. The van der Waals surface area contributed by atoms with Gasteiger partial charge in [-0.05, 0) is 32.1 Å². The minimum Gasteiger partial charge on any atom is -0.381 e. The van der Waals surface area contributed by atoms with Crippen molar-refractivity contribution in [2.75, 3.05) is 19.0 Å². The maximum atomic E-state index is 5.57. The van der Waals surface area contributed by atoms with Crippen LogP contribution >= 0.6 is 11.8 Å². The molecule has 15 heavy (non-hydrogen) atoms. The van der Waals surface area contributed by atoms with E-state index in [0.29, 0.717) is 12.2 Å². The Hall–Kier alpha value is 0.270. The Balaban J connectivity index is 1.60. The predicted molar refractivity (Wildman–Crippen MR) is 64.4 cm³/mol. The third-order valence-electron chi connectivity index (χ3n) is 3.52. The summed E-state index contributed by atoms with van der Waals surface area (Å²) >= 11 is 2.06. The quantitative estimate of drug-likeness (QED) is 0.517. The van der Waals surface area contributed by atoms with Gasteiger partial charge in [-0.15, -0.1) is 0 Å². The topological polar surface area (TPSA) is 21.8 Å². The second-order valence-electron chi connectivity index (χ2n) is 4.56. The summed E-state index contributed by atoms with van der Waals surface area (Å²) in [5.41, 5.74) is 0. The molecule has 1 saturated carbocycles. The van der Waals surface area contributed by atoms with Gasteiger partial charge in [0.15, 0.2) is 0 Å². The van der Waals surface area contributed by atoms with Crippen LogP contribution in [0.5, 0.6) is 0 Å². The summed E-state index contributed by atoms with van der Waals surface area (Å²) in [7, 11) is 0. The molecule has 0 radical (unpaired) electrons. The SMILES string of the molecule is CCOCCSC(C)C1CCC2OC2C1. The molecule has 0 aromatic carbocycles. The molecule has 0 N–H and O–H groups in total. The minimum atomic E-state index is 0.624. The Bertz CT molecular complexity index is 198. The molecule has 1 saturated heterocycles. The Morgan fingerprint density at radius 1 is 1.40 bits per heavy atom. The highest BCUT2D eigenvalue weighted by molar-refractivity contribution is 7.99. The zero-order chi connectivity index (χ0) is 10.7. The molecule has 0 bridgehead atoms. The highest BCUT2D eigenvalue weighted by Crippen LogP contribution is 2.42. The van der Waals surface area contributed by atoms with E-state index in [1.54, 1.807) is 0 Å². The van der Waals surface area contributed by atoms with Crippen LogP contribution in [0, 0.1) is 5.92 Å². The van der Waals surface area contributed by atoms with E-state index in [1.165, 1.54) is 19.3 Å². The first-order valence-electron chi connectivity index (χ1n) is 6.16. The lowest BCUT2D eigenvalue weighted by Gasteiger charge is -2.25. The zero-order valence-corrected chi connectivity index (χ0v) is 10.6. The molecule has 1 heterocycles. The maximum Gasteiger partial charge on any atom is 0.0845 e. The molecule has 2 aliphatic rings. The maximum absolute atomic E-state index is 5.57. The van der Waals surface area contributed by atoms with Gasteiger partial charge in [-0.1, -0.05) is 6.92 Å². The van der Waals surface area contributed by atoms with E-state index in [4.69, 9.17) is 9.47 Å². The molecule has 0 spiro atoms. The molecule has 0 amide bonds. The van der Waals surface area contributed by atoms with Gasteiger partial charge in [0.05, 0.1) is 18.8 Å². The second-order valence-corrected chi connectivity index (χ2v) is 6.04. The molecule has 4 unspecified atom stereocenters. The number of epoxide rings is 1. The molecule has 4 atom stereocenters. The van der Waals surface area contributed by atoms with Gasteiger partial charge < -0.3 is 9.47 Å². The Morgan fingerprint density at radius 3 is 3.00 bits per heavy atom. The molecule has 3 heteroatoms. The summed E-state index contributed by atoms with van der Waals surface area (Å²) in [6, 6.07) is 0. The van der Waals surface area contributed by atoms with Gasteiger partial charge in [0.25, 0.3) is 0 Å². The highest BCUT2D eigenvalue weighted by atomic mass is 32.2. The molecular formula is C12H22O2S. The number of hydrogen-bond donors (Lipinski definition) is 0. The van der Waals surface area contributed by atoms with Crippen LogP contribution in [0.4, 0.5) is 0 Å². The van der Waals surface area contributed by atoms with Crippen molar-refractivity contribution in [1.29, 1.82) is 0 Å². The molecule has 2 rings (SSSR count). The number of hydrogen-bond acceptors (Lipinski definition) is 3. The van der Waals surface area contributed by atoms with E-state index in [1.807, 2.05) is 0 Å². The third kappa shape index (κ3) is 3.36. The number of thioether (sulfide) groups is 1. The summed E-state index contributed by atoms with van der Waals surface area (Å²) in [6.45, 7) is 6.17. The molecule has 88 valence electrons. The summed E-state index contributed by atoms with van der Waals surface area (Å²) in [5, 5.41) is 0.774. The Morgan fingerprint density at radius 2 is 2.27 bits per heavy atom. The Kier molecular flexibility index (Phi) is 4.35. The summed E-state index contributed by atoms with van der Waals surface area (Å²) in [5.74, 6) is 2.01. The first kappa shape index (κ1) is 11.7. The average Bonchev–Trinajstić information content (AvgIpc) is 3.01. The van der Waals surface area contributed by atoms with Crippen LogP contribution in [0.25, 0.3) is 0 Å². The van der Waals surface area contributed by atoms with Gasteiger partial charge in [0.2, 0.25) is 0 Å². The van der Waals surface area contributed by atoms with Crippen molar-refractivity contribution in [2.45, 2.75) is 50.6 Å². The lowest BCUT2D eigenvalue weighted by atomic mass is 9.87. The fraction of sp³-hybridized carbons (Fsp3) is 1.00. The van der Waals surface area contributed by atoms with Crippen molar-refractivity contribution in [3.8, 4) is 0 Å². The average molecular weight is 230 g/mol. The monoisotopic (exact) mass is 230 g/mol. The number of fused-ring (bicyclic) bond motifs is 1. The highest BCUT2D eigenvalue weighted by Gasteiger charge is 2.44. The predicted octanol–water partition coefficient (Wildman–Crippen LogP) is 2.71. The van der Waals surface area contributed by atoms with Gasteiger partial charge in [-0.25, -0.2) is 0 Å². The Labute approximate surface area is 97.1 Å². The van der Waals surface area contributed by atoms with Gasteiger partial charge in [-0.3, -0.25) is 0 Å². The summed E-state index contributed by atoms with van der Waals surface area (Å²) < 4.78 is 10.9. The minimum absolute atomic E-state index is 0.624. The molecule has 1 aliphatic carbocycles. The van der Waals surface area contributed by atoms with Crippen LogP contribution in [-0.4, -0.2) is 36.4 Å². The summed E-state index contributed by atoms with van der Waals surface area (Å²) in [4.78, 5) is 0. The molecule has 2 nitrogen and oxygen atoms in total. The van der Waals surface area contributed by atoms with Crippen LogP contribution in [0.2, 0.25) is 0 Å². The third-order valence-corrected chi connectivity index (χ3v) is 4.83. The van der Waals surface area contributed by atoms with Crippen LogP contribution < -0.4 is 0 Å². The zero-order valence-electron chi connectivity index (χ0n) is 9.78. The van der Waals surface area contributed by atoms with E-state index in [-0.39, 0.29) is 0 Å². The molecule has 2 fully saturated rings. The largest absolute Gasteiger partial charge is 0.381 e. The number of rotatable bonds is 6. The fourth-order valence-electron chi connectivity index (χ4n) is 2.43. The smallest absolute Gasteiger partial charge is 0.0845 e. The van der Waals surface area contributed by atoms with E-state index in [9.17, 15) is 0 Å². The van der Waals surface area contributed by atoms with E-state index >= 15 is 0 Å². The van der Waals surface area contributed by atoms with E-state index < -0.39 is 0 Å². The summed E-state index contributed by atoms with van der Waals surface area (Å²) in [6.07, 6.45) is 5.23. The van der Waals surface area contributed by atoms with Gasteiger partial charge >= 0.3 is 0 Å². The van der Waals surface area contributed by atoms with Crippen molar-refractivity contribution in [3.05, 3.63) is 0 Å². The van der Waals surface area contributed by atoms with Crippen molar-refractivity contribution >= 4 is 11.8 Å². The van der Waals surface area contributed by atoms with E-state index in [2.05, 4.69) is 25.6 Å². The van der Waals surface area contributed by atoms with Crippen molar-refractivity contribution in [3.63, 3.8) is 0 Å². The van der Waals surface area contributed by atoms with Gasteiger partial charge in [0, 0.05) is 17.6 Å².